The lowest BCUT2D eigenvalue weighted by atomic mass is 10.2. The van der Waals surface area contributed by atoms with E-state index in [2.05, 4.69) is 22.2 Å². The Morgan fingerprint density at radius 3 is 2.68 bits per heavy atom. The van der Waals surface area contributed by atoms with Gasteiger partial charge in [0, 0.05) is 11.1 Å². The first kappa shape index (κ1) is 14.3. The minimum absolute atomic E-state index is 0.311. The van der Waals surface area contributed by atoms with Crippen LogP contribution < -0.4 is 10.1 Å². The van der Waals surface area contributed by atoms with Gasteiger partial charge in [-0.15, -0.1) is 0 Å². The summed E-state index contributed by atoms with van der Waals surface area (Å²) in [6.45, 7) is 2.76. The lowest BCUT2D eigenvalue weighted by Crippen LogP contribution is -1.97. The van der Waals surface area contributed by atoms with Crippen LogP contribution in [0.4, 0.5) is 15.9 Å². The van der Waals surface area contributed by atoms with Crippen LogP contribution in [0.15, 0.2) is 48.8 Å². The van der Waals surface area contributed by atoms with E-state index >= 15 is 0 Å². The Labute approximate surface area is 128 Å². The molecule has 1 aromatic heterocycles. The second kappa shape index (κ2) is 6.39. The van der Waals surface area contributed by atoms with Crippen molar-refractivity contribution in [2.75, 3.05) is 11.9 Å². The van der Waals surface area contributed by atoms with E-state index in [4.69, 9.17) is 4.74 Å². The first-order chi connectivity index (χ1) is 10.8. The van der Waals surface area contributed by atoms with Gasteiger partial charge in [0.2, 0.25) is 0 Å². The molecule has 5 heteroatoms. The molecule has 4 nitrogen and oxygen atoms in total. The molecule has 3 aromatic rings. The molecule has 22 heavy (non-hydrogen) atoms. The van der Waals surface area contributed by atoms with E-state index < -0.39 is 0 Å². The molecule has 0 aliphatic carbocycles. The third kappa shape index (κ3) is 3.14. The molecule has 1 heterocycles. The first-order valence-corrected chi connectivity index (χ1v) is 7.16. The van der Waals surface area contributed by atoms with E-state index in [9.17, 15) is 4.39 Å². The van der Waals surface area contributed by atoms with Crippen molar-refractivity contribution in [2.24, 2.45) is 0 Å². The molecule has 0 aliphatic heterocycles. The highest BCUT2D eigenvalue weighted by atomic mass is 19.1. The standard InChI is InChI=1S/C17H16FN3O/c1-2-9-22-14-6-4-13(5-7-14)21-17-15-10-12(18)3-8-16(15)19-11-20-17/h3-8,10-11H,2,9H2,1H3,(H,19,20,21). The highest BCUT2D eigenvalue weighted by Gasteiger charge is 2.05. The zero-order valence-electron chi connectivity index (χ0n) is 12.2. The second-order valence-corrected chi connectivity index (χ2v) is 4.88. The molecule has 1 N–H and O–H groups in total. The molecule has 0 radical (unpaired) electrons. The Morgan fingerprint density at radius 1 is 1.09 bits per heavy atom. The molecule has 112 valence electrons. The zero-order chi connectivity index (χ0) is 15.4. The van der Waals surface area contributed by atoms with Crippen LogP contribution in [0.2, 0.25) is 0 Å². The maximum Gasteiger partial charge on any atom is 0.141 e. The molecule has 0 spiro atoms. The molecular weight excluding hydrogens is 281 g/mol. The van der Waals surface area contributed by atoms with Crippen LogP contribution in [-0.2, 0) is 0 Å². The molecule has 0 atom stereocenters. The highest BCUT2D eigenvalue weighted by Crippen LogP contribution is 2.24. The van der Waals surface area contributed by atoms with Crippen molar-refractivity contribution < 1.29 is 9.13 Å². The predicted molar refractivity (Wildman–Crippen MR) is 85.0 cm³/mol. The largest absolute Gasteiger partial charge is 0.494 e. The summed E-state index contributed by atoms with van der Waals surface area (Å²) in [5.41, 5.74) is 1.55. The zero-order valence-corrected chi connectivity index (χ0v) is 12.2. The number of aromatic nitrogens is 2. The summed E-state index contributed by atoms with van der Waals surface area (Å²) < 4.78 is 19.0. The molecule has 0 fully saturated rings. The van der Waals surface area contributed by atoms with Crippen LogP contribution in [0.1, 0.15) is 13.3 Å². The SMILES string of the molecule is CCCOc1ccc(Nc2ncnc3ccc(F)cc23)cc1. The van der Waals surface area contributed by atoms with E-state index in [0.29, 0.717) is 23.3 Å². The summed E-state index contributed by atoms with van der Waals surface area (Å²) in [5, 5.41) is 3.83. The smallest absolute Gasteiger partial charge is 0.141 e. The Hall–Kier alpha value is -2.69. The van der Waals surface area contributed by atoms with Crippen LogP contribution >= 0.6 is 0 Å². The third-order valence-corrected chi connectivity index (χ3v) is 3.19. The third-order valence-electron chi connectivity index (χ3n) is 3.19. The maximum atomic E-state index is 13.4. The van der Waals surface area contributed by atoms with Crippen LogP contribution in [-0.4, -0.2) is 16.6 Å². The number of hydrogen-bond donors (Lipinski definition) is 1. The van der Waals surface area contributed by atoms with Crippen LogP contribution in [0.5, 0.6) is 5.75 Å². The van der Waals surface area contributed by atoms with Crippen molar-refractivity contribution in [1.82, 2.24) is 9.97 Å². The number of nitrogens with zero attached hydrogens (tertiary/aromatic N) is 2. The lowest BCUT2D eigenvalue weighted by Gasteiger charge is -2.09. The Morgan fingerprint density at radius 2 is 1.91 bits per heavy atom. The summed E-state index contributed by atoms with van der Waals surface area (Å²) >= 11 is 0. The molecule has 0 aliphatic rings. The Balaban J connectivity index is 1.85. The van der Waals surface area contributed by atoms with E-state index in [-0.39, 0.29) is 5.82 Å². The van der Waals surface area contributed by atoms with Crippen LogP contribution in [0, 0.1) is 5.82 Å². The maximum absolute atomic E-state index is 13.4. The first-order valence-electron chi connectivity index (χ1n) is 7.16. The summed E-state index contributed by atoms with van der Waals surface area (Å²) in [6.07, 6.45) is 2.43. The van der Waals surface area contributed by atoms with Gasteiger partial charge in [0.1, 0.15) is 23.7 Å². The number of fused-ring (bicyclic) bond motifs is 1. The van der Waals surface area contributed by atoms with Gasteiger partial charge < -0.3 is 10.1 Å². The summed E-state index contributed by atoms with van der Waals surface area (Å²) in [7, 11) is 0. The van der Waals surface area contributed by atoms with Crippen molar-refractivity contribution in [2.45, 2.75) is 13.3 Å². The van der Waals surface area contributed by atoms with Gasteiger partial charge in [-0.2, -0.15) is 0 Å². The van der Waals surface area contributed by atoms with Gasteiger partial charge in [0.25, 0.3) is 0 Å². The molecule has 0 bridgehead atoms. The normalized spacial score (nSPS) is 10.6. The van der Waals surface area contributed by atoms with Gasteiger partial charge in [-0.1, -0.05) is 6.92 Å². The van der Waals surface area contributed by atoms with Crippen molar-refractivity contribution in [3.8, 4) is 5.75 Å². The quantitative estimate of drug-likeness (QED) is 0.762. The Kier molecular flexibility index (Phi) is 4.14. The lowest BCUT2D eigenvalue weighted by molar-refractivity contribution is 0.317. The fourth-order valence-electron chi connectivity index (χ4n) is 2.12. The number of rotatable bonds is 5. The predicted octanol–water partition coefficient (Wildman–Crippen LogP) is 4.30. The molecule has 2 aromatic carbocycles. The van der Waals surface area contributed by atoms with E-state index in [1.165, 1.54) is 18.5 Å². The summed E-state index contributed by atoms with van der Waals surface area (Å²) in [5.74, 6) is 1.09. The number of benzene rings is 2. The van der Waals surface area contributed by atoms with Gasteiger partial charge in [0.05, 0.1) is 12.1 Å². The number of hydrogen-bond acceptors (Lipinski definition) is 4. The summed E-state index contributed by atoms with van der Waals surface area (Å²) in [4.78, 5) is 8.33. The topological polar surface area (TPSA) is 47.0 Å². The molecule has 0 unspecified atom stereocenters. The van der Waals surface area contributed by atoms with Crippen LogP contribution in [0.25, 0.3) is 10.9 Å². The van der Waals surface area contributed by atoms with Gasteiger partial charge in [-0.25, -0.2) is 14.4 Å². The number of anilines is 2. The van der Waals surface area contributed by atoms with Crippen molar-refractivity contribution in [3.05, 3.63) is 54.6 Å². The van der Waals surface area contributed by atoms with E-state index in [0.717, 1.165) is 17.9 Å². The van der Waals surface area contributed by atoms with Gasteiger partial charge in [-0.05, 0) is 48.9 Å². The van der Waals surface area contributed by atoms with Crippen molar-refractivity contribution in [3.63, 3.8) is 0 Å². The molecule has 0 amide bonds. The molecular formula is C17H16FN3O. The minimum Gasteiger partial charge on any atom is -0.494 e. The molecule has 0 saturated carbocycles. The van der Waals surface area contributed by atoms with Crippen LogP contribution in [0.3, 0.4) is 0 Å². The van der Waals surface area contributed by atoms with Crippen molar-refractivity contribution >= 4 is 22.4 Å². The highest BCUT2D eigenvalue weighted by molar-refractivity contribution is 5.90. The molecule has 3 rings (SSSR count). The monoisotopic (exact) mass is 297 g/mol. The summed E-state index contributed by atoms with van der Waals surface area (Å²) in [6, 6.07) is 12.0. The minimum atomic E-state index is -0.311. The van der Waals surface area contributed by atoms with Gasteiger partial charge >= 0.3 is 0 Å². The fraction of sp³-hybridized carbons (Fsp3) is 0.176. The van der Waals surface area contributed by atoms with Gasteiger partial charge in [0.15, 0.2) is 0 Å². The Bertz CT molecular complexity index is 774. The molecule has 0 saturated heterocycles. The number of halogens is 1. The second-order valence-electron chi connectivity index (χ2n) is 4.88. The van der Waals surface area contributed by atoms with Gasteiger partial charge in [-0.3, -0.25) is 0 Å². The average Bonchev–Trinajstić information content (AvgIpc) is 2.55. The average molecular weight is 297 g/mol. The number of ether oxygens (including phenoxy) is 1. The number of nitrogens with one attached hydrogen (secondary N) is 1. The fourth-order valence-corrected chi connectivity index (χ4v) is 2.12. The van der Waals surface area contributed by atoms with Crippen molar-refractivity contribution in [1.29, 1.82) is 0 Å². The van der Waals surface area contributed by atoms with E-state index in [1.807, 2.05) is 24.3 Å². The van der Waals surface area contributed by atoms with E-state index in [1.54, 1.807) is 6.07 Å².